The van der Waals surface area contributed by atoms with Gasteiger partial charge in [0.2, 0.25) is 0 Å². The Kier molecular flexibility index (Phi) is 7.78. The molecule has 0 aliphatic heterocycles. The first-order chi connectivity index (χ1) is 15.0. The third kappa shape index (κ3) is 6.42. The number of nitrogens with one attached hydrogen (secondary N) is 1. The van der Waals surface area contributed by atoms with E-state index < -0.39 is 14.4 Å². The molecule has 6 heteroatoms. The molecule has 2 aromatic rings. The monoisotopic (exact) mass is 454 g/mol. The summed E-state index contributed by atoms with van der Waals surface area (Å²) in [7, 11) is -1.84. The van der Waals surface area contributed by atoms with E-state index in [0.29, 0.717) is 11.8 Å². The van der Waals surface area contributed by atoms with Gasteiger partial charge in [-0.05, 0) is 66.4 Å². The minimum absolute atomic E-state index is 0.190. The summed E-state index contributed by atoms with van der Waals surface area (Å²) in [5, 5.41) is 3.11. The summed E-state index contributed by atoms with van der Waals surface area (Å²) in [5.74, 6) is 0.885. The predicted molar refractivity (Wildman–Crippen MR) is 132 cm³/mol. The number of pyridine rings is 1. The van der Waals surface area contributed by atoms with Crippen LogP contribution in [-0.4, -0.2) is 25.5 Å². The van der Waals surface area contributed by atoms with E-state index in [-0.39, 0.29) is 17.7 Å². The Bertz CT molecular complexity index is 895. The van der Waals surface area contributed by atoms with Crippen molar-refractivity contribution in [3.05, 3.63) is 59.9 Å². The number of amides is 1. The first-order valence-corrected chi connectivity index (χ1v) is 14.6. The molecule has 1 fully saturated rings. The van der Waals surface area contributed by atoms with Crippen molar-refractivity contribution in [1.82, 2.24) is 4.98 Å². The molecule has 0 saturated heterocycles. The van der Waals surface area contributed by atoms with Gasteiger partial charge in [0.15, 0.2) is 8.32 Å². The fourth-order valence-electron chi connectivity index (χ4n) is 4.22. The maximum atomic E-state index is 12.5. The molecule has 1 aliphatic carbocycles. The van der Waals surface area contributed by atoms with Gasteiger partial charge in [-0.15, -0.1) is 0 Å². The van der Waals surface area contributed by atoms with Gasteiger partial charge in [-0.2, -0.15) is 0 Å². The summed E-state index contributed by atoms with van der Waals surface area (Å²) in [6.07, 6.45) is 6.46. The molecule has 0 bridgehead atoms. The molecule has 1 N–H and O–H groups in total. The number of ether oxygens (including phenoxy) is 1. The number of hydrogen-bond acceptors (Lipinski definition) is 4. The predicted octanol–water partition coefficient (Wildman–Crippen LogP) is 7.12. The van der Waals surface area contributed by atoms with E-state index in [1.807, 2.05) is 36.4 Å². The number of nitrogens with zero attached hydrogens (tertiary/aromatic N) is 1. The zero-order valence-electron chi connectivity index (χ0n) is 20.4. The lowest BCUT2D eigenvalue weighted by atomic mass is 9.77. The summed E-state index contributed by atoms with van der Waals surface area (Å²) < 4.78 is 12.2. The van der Waals surface area contributed by atoms with Crippen molar-refractivity contribution in [2.75, 3.05) is 5.32 Å². The third-order valence-corrected chi connectivity index (χ3v) is 11.4. The van der Waals surface area contributed by atoms with Gasteiger partial charge in [0.25, 0.3) is 0 Å². The van der Waals surface area contributed by atoms with E-state index in [1.165, 1.54) is 0 Å². The molecule has 1 amide bonds. The van der Waals surface area contributed by atoms with E-state index in [9.17, 15) is 4.79 Å². The SMILES string of the molecule is C[C@@H]1C[C@H](O[Si](C)(C)C(C)(C)C)C[C@H](c2ccncc2NC(=O)OCc2ccccc2)C1. The summed E-state index contributed by atoms with van der Waals surface area (Å²) in [4.78, 5) is 16.7. The zero-order chi connectivity index (χ0) is 23.4. The van der Waals surface area contributed by atoms with Crippen LogP contribution in [0.2, 0.25) is 18.1 Å². The number of hydrogen-bond donors (Lipinski definition) is 1. The molecule has 1 aliphatic rings. The smallest absolute Gasteiger partial charge is 0.412 e. The number of carbonyl (C=O) groups excluding carboxylic acids is 1. The molecule has 0 spiro atoms. The highest BCUT2D eigenvalue weighted by Crippen LogP contribution is 2.44. The Balaban J connectivity index is 1.68. The van der Waals surface area contributed by atoms with Crippen LogP contribution >= 0.6 is 0 Å². The van der Waals surface area contributed by atoms with Crippen LogP contribution in [-0.2, 0) is 15.8 Å². The van der Waals surface area contributed by atoms with Gasteiger partial charge in [-0.3, -0.25) is 10.3 Å². The first-order valence-electron chi connectivity index (χ1n) is 11.6. The zero-order valence-corrected chi connectivity index (χ0v) is 21.4. The van der Waals surface area contributed by atoms with Crippen LogP contribution in [0.1, 0.15) is 64.0 Å². The highest BCUT2D eigenvalue weighted by molar-refractivity contribution is 6.74. The van der Waals surface area contributed by atoms with Gasteiger partial charge in [0.05, 0.1) is 11.9 Å². The molecular weight excluding hydrogens is 416 g/mol. The maximum absolute atomic E-state index is 12.5. The fourth-order valence-corrected chi connectivity index (χ4v) is 5.60. The van der Waals surface area contributed by atoms with Crippen molar-refractivity contribution < 1.29 is 14.0 Å². The van der Waals surface area contributed by atoms with Crippen LogP contribution in [0.4, 0.5) is 10.5 Å². The van der Waals surface area contributed by atoms with Gasteiger partial charge in [0.1, 0.15) is 6.61 Å². The molecule has 174 valence electrons. The van der Waals surface area contributed by atoms with Gasteiger partial charge in [-0.1, -0.05) is 58.0 Å². The molecule has 1 aromatic carbocycles. The van der Waals surface area contributed by atoms with Gasteiger partial charge >= 0.3 is 6.09 Å². The van der Waals surface area contributed by atoms with Gasteiger partial charge < -0.3 is 9.16 Å². The standard InChI is InChI=1S/C26H38N2O3Si/c1-19-14-21(16-22(15-19)31-32(5,6)26(2,3)4)23-12-13-27-17-24(23)28-25(29)30-18-20-10-8-7-9-11-20/h7-13,17,19,21-22H,14-16,18H2,1-6H3,(H,28,29)/t19-,21+,22-/m0/s1. The Labute approximate surface area is 194 Å². The third-order valence-electron chi connectivity index (χ3n) is 6.91. The quantitative estimate of drug-likeness (QED) is 0.472. The highest BCUT2D eigenvalue weighted by Gasteiger charge is 2.41. The molecule has 32 heavy (non-hydrogen) atoms. The van der Waals surface area contributed by atoms with Crippen LogP contribution in [0.15, 0.2) is 48.8 Å². The van der Waals surface area contributed by atoms with Crippen molar-refractivity contribution in [2.24, 2.45) is 5.92 Å². The van der Waals surface area contributed by atoms with Crippen molar-refractivity contribution >= 4 is 20.1 Å². The van der Waals surface area contributed by atoms with Crippen LogP contribution in [0, 0.1) is 5.92 Å². The first kappa shape index (κ1) is 24.5. The van der Waals surface area contributed by atoms with E-state index in [4.69, 9.17) is 9.16 Å². The highest BCUT2D eigenvalue weighted by atomic mass is 28.4. The molecule has 0 unspecified atom stereocenters. The molecular formula is C26H38N2O3Si. The van der Waals surface area contributed by atoms with E-state index in [0.717, 1.165) is 36.1 Å². The average Bonchev–Trinajstić information content (AvgIpc) is 2.72. The number of rotatable bonds is 6. The second-order valence-corrected chi connectivity index (χ2v) is 15.4. The van der Waals surface area contributed by atoms with Crippen molar-refractivity contribution in [3.63, 3.8) is 0 Å². The minimum Gasteiger partial charge on any atom is -0.444 e. The minimum atomic E-state index is -1.84. The lowest BCUT2D eigenvalue weighted by molar-refractivity contribution is 0.103. The summed E-state index contributed by atoms with van der Waals surface area (Å²) in [6.45, 7) is 14.0. The summed E-state index contributed by atoms with van der Waals surface area (Å²) in [6, 6.07) is 11.7. The molecule has 1 saturated carbocycles. The topological polar surface area (TPSA) is 60.5 Å². The van der Waals surface area contributed by atoms with Crippen molar-refractivity contribution in [3.8, 4) is 0 Å². The fraction of sp³-hybridized carbons (Fsp3) is 0.538. The normalized spacial score (nSPS) is 21.8. The van der Waals surface area contributed by atoms with Gasteiger partial charge in [0, 0.05) is 12.3 Å². The number of anilines is 1. The Morgan fingerprint density at radius 1 is 1.12 bits per heavy atom. The summed E-state index contributed by atoms with van der Waals surface area (Å²) in [5.41, 5.74) is 2.81. The second kappa shape index (κ2) is 10.2. The Morgan fingerprint density at radius 2 is 1.84 bits per heavy atom. The van der Waals surface area contributed by atoms with Crippen LogP contribution in [0.25, 0.3) is 0 Å². The van der Waals surface area contributed by atoms with Crippen molar-refractivity contribution in [1.29, 1.82) is 0 Å². The van der Waals surface area contributed by atoms with Crippen LogP contribution in [0.5, 0.6) is 0 Å². The molecule has 3 atom stereocenters. The largest absolute Gasteiger partial charge is 0.444 e. The van der Waals surface area contributed by atoms with Crippen LogP contribution in [0.3, 0.4) is 0 Å². The van der Waals surface area contributed by atoms with E-state index >= 15 is 0 Å². The molecule has 1 heterocycles. The lowest BCUT2D eigenvalue weighted by Gasteiger charge is -2.43. The lowest BCUT2D eigenvalue weighted by Crippen LogP contribution is -2.45. The molecule has 3 rings (SSSR count). The number of carbonyl (C=O) groups is 1. The Hall–Kier alpha value is -2.18. The number of aromatic nitrogens is 1. The second-order valence-electron chi connectivity index (χ2n) is 10.7. The summed E-state index contributed by atoms with van der Waals surface area (Å²) >= 11 is 0. The molecule has 0 radical (unpaired) electrons. The maximum Gasteiger partial charge on any atom is 0.412 e. The molecule has 1 aromatic heterocycles. The average molecular weight is 455 g/mol. The van der Waals surface area contributed by atoms with Crippen molar-refractivity contribution in [2.45, 2.75) is 83.7 Å². The van der Waals surface area contributed by atoms with Crippen LogP contribution < -0.4 is 5.32 Å². The molecule has 5 nitrogen and oxygen atoms in total. The number of benzene rings is 1. The van der Waals surface area contributed by atoms with Gasteiger partial charge in [-0.25, -0.2) is 4.79 Å². The van der Waals surface area contributed by atoms with E-state index in [2.05, 4.69) is 51.1 Å². The Morgan fingerprint density at radius 3 is 2.53 bits per heavy atom. The van der Waals surface area contributed by atoms with E-state index in [1.54, 1.807) is 12.4 Å².